The maximum Gasteiger partial charge on any atom is 0.225 e. The summed E-state index contributed by atoms with van der Waals surface area (Å²) in [6, 6.07) is 2.49. The van der Waals surface area contributed by atoms with Crippen LogP contribution in [0.1, 0.15) is 66.7 Å². The molecule has 0 saturated heterocycles. The van der Waals surface area contributed by atoms with Crippen molar-refractivity contribution in [3.8, 4) is 5.88 Å². The van der Waals surface area contributed by atoms with E-state index in [1.54, 1.807) is 23.9 Å². The summed E-state index contributed by atoms with van der Waals surface area (Å²) in [5.41, 5.74) is 2.00. The molecule has 3 aromatic rings. The zero-order valence-electron chi connectivity index (χ0n) is 17.5. The van der Waals surface area contributed by atoms with Gasteiger partial charge < -0.3 is 14.7 Å². The molecule has 3 heterocycles. The average Bonchev–Trinajstić information content (AvgIpc) is 3.46. The van der Waals surface area contributed by atoms with E-state index in [4.69, 9.17) is 4.74 Å². The predicted molar refractivity (Wildman–Crippen MR) is 117 cm³/mol. The van der Waals surface area contributed by atoms with E-state index in [9.17, 15) is 5.11 Å². The van der Waals surface area contributed by atoms with E-state index in [2.05, 4.69) is 39.2 Å². The summed E-state index contributed by atoms with van der Waals surface area (Å²) in [5, 5.41) is 18.7. The van der Waals surface area contributed by atoms with E-state index < -0.39 is 6.10 Å². The molecule has 0 amide bonds. The third kappa shape index (κ3) is 3.72. The lowest BCUT2D eigenvalue weighted by molar-refractivity contribution is 0.108. The highest BCUT2D eigenvalue weighted by Crippen LogP contribution is 2.48. The van der Waals surface area contributed by atoms with Crippen LogP contribution < -0.4 is 4.74 Å². The molecule has 0 spiro atoms. The van der Waals surface area contributed by atoms with Crippen molar-refractivity contribution in [2.45, 2.75) is 69.1 Å². The molecule has 30 heavy (non-hydrogen) atoms. The van der Waals surface area contributed by atoms with E-state index in [-0.39, 0.29) is 12.0 Å². The summed E-state index contributed by atoms with van der Waals surface area (Å²) >= 11 is 1.75. The van der Waals surface area contributed by atoms with Crippen molar-refractivity contribution in [1.29, 1.82) is 0 Å². The Kier molecular flexibility index (Phi) is 5.47. The first-order valence-electron chi connectivity index (χ1n) is 10.9. The summed E-state index contributed by atoms with van der Waals surface area (Å²) in [6.07, 6.45) is 10.2. The van der Waals surface area contributed by atoms with Crippen molar-refractivity contribution in [3.05, 3.63) is 34.7 Å². The summed E-state index contributed by atoms with van der Waals surface area (Å²) in [7, 11) is 4.32. The molecule has 7 nitrogen and oxygen atoms in total. The number of fused-ring (bicyclic) bond motifs is 3. The van der Waals surface area contributed by atoms with E-state index in [0.29, 0.717) is 18.2 Å². The lowest BCUT2D eigenvalue weighted by Crippen LogP contribution is -2.35. The van der Waals surface area contributed by atoms with Crippen molar-refractivity contribution in [2.75, 3.05) is 14.1 Å². The number of ether oxygens (including phenoxy) is 1. The number of aromatic amines is 1. The molecule has 2 atom stereocenters. The van der Waals surface area contributed by atoms with Gasteiger partial charge in [-0.3, -0.25) is 5.10 Å². The molecule has 2 aliphatic carbocycles. The molecule has 2 N–H and O–H groups in total. The maximum atomic E-state index is 10.7. The Labute approximate surface area is 180 Å². The third-order valence-corrected chi connectivity index (χ3v) is 7.89. The molecule has 0 aliphatic heterocycles. The number of thiophene rings is 1. The smallest absolute Gasteiger partial charge is 0.225 e. The molecule has 1 saturated carbocycles. The highest BCUT2D eigenvalue weighted by atomic mass is 32.1. The fraction of sp³-hybridized carbons (Fsp3) is 0.591. The normalized spacial score (nSPS) is 25.0. The first-order valence-corrected chi connectivity index (χ1v) is 11.7. The highest BCUT2D eigenvalue weighted by molar-refractivity contribution is 7.19. The first kappa shape index (κ1) is 19.9. The second-order valence-corrected chi connectivity index (χ2v) is 9.88. The van der Waals surface area contributed by atoms with Gasteiger partial charge >= 0.3 is 0 Å². The van der Waals surface area contributed by atoms with Gasteiger partial charge in [-0.1, -0.05) is 0 Å². The minimum atomic E-state index is -0.572. The van der Waals surface area contributed by atoms with E-state index in [1.807, 2.05) is 6.07 Å². The van der Waals surface area contributed by atoms with E-state index in [0.717, 1.165) is 54.6 Å². The zero-order chi connectivity index (χ0) is 20.7. The Balaban J connectivity index is 1.39. The van der Waals surface area contributed by atoms with Crippen LogP contribution in [0.2, 0.25) is 0 Å². The van der Waals surface area contributed by atoms with Crippen molar-refractivity contribution in [3.63, 3.8) is 0 Å². The lowest BCUT2D eigenvalue weighted by atomic mass is 9.92. The van der Waals surface area contributed by atoms with Crippen LogP contribution in [-0.4, -0.2) is 56.4 Å². The highest BCUT2D eigenvalue weighted by Gasteiger charge is 2.33. The maximum absolute atomic E-state index is 10.7. The molecular formula is C22H29N5O2S. The first-order chi connectivity index (χ1) is 14.6. The molecule has 0 aromatic carbocycles. The molecule has 0 unspecified atom stereocenters. The van der Waals surface area contributed by atoms with Crippen LogP contribution >= 0.6 is 11.3 Å². The zero-order valence-corrected chi connectivity index (χ0v) is 18.4. The van der Waals surface area contributed by atoms with Crippen LogP contribution in [0.4, 0.5) is 0 Å². The van der Waals surface area contributed by atoms with Crippen molar-refractivity contribution in [1.82, 2.24) is 25.1 Å². The number of aliphatic hydroxyl groups excluding tert-OH is 1. The van der Waals surface area contributed by atoms with Crippen molar-refractivity contribution < 1.29 is 9.84 Å². The van der Waals surface area contributed by atoms with Gasteiger partial charge in [-0.05, 0) is 76.6 Å². The molecule has 2 aliphatic rings. The Morgan fingerprint density at radius 3 is 2.80 bits per heavy atom. The lowest BCUT2D eigenvalue weighted by Gasteiger charge is -2.32. The standard InChI is InChI=1S/C22H29N5O2S/c1-27(2)14-4-6-15(7-5-14)29-21-20-19-13(11-17(28)16-9-10-25-26-16)3-8-18(19)30-22(20)24-12-23-21/h9-10,12-15,17,28H,3-8,11H2,1-2H3,(H,25,26)/t13-,14-,15-,17-/m1/s1. The van der Waals surface area contributed by atoms with Gasteiger partial charge in [0, 0.05) is 17.1 Å². The summed E-state index contributed by atoms with van der Waals surface area (Å²) in [6.45, 7) is 0. The monoisotopic (exact) mass is 427 g/mol. The second-order valence-electron chi connectivity index (χ2n) is 8.80. The minimum Gasteiger partial charge on any atom is -0.474 e. The quantitative estimate of drug-likeness (QED) is 0.622. The van der Waals surface area contributed by atoms with Gasteiger partial charge in [0.15, 0.2) is 0 Å². The molecule has 8 heteroatoms. The van der Waals surface area contributed by atoms with Gasteiger partial charge in [-0.2, -0.15) is 5.10 Å². The minimum absolute atomic E-state index is 0.212. The third-order valence-electron chi connectivity index (χ3n) is 6.72. The van der Waals surface area contributed by atoms with Crippen LogP contribution in [0, 0.1) is 0 Å². The Hall–Kier alpha value is -2.03. The van der Waals surface area contributed by atoms with E-state index in [1.165, 1.54) is 10.4 Å². The average molecular weight is 428 g/mol. The van der Waals surface area contributed by atoms with Gasteiger partial charge in [0.1, 0.15) is 17.3 Å². The number of rotatable bonds is 6. The number of aliphatic hydroxyl groups is 1. The fourth-order valence-corrected chi connectivity index (χ4v) is 6.28. The Morgan fingerprint density at radius 1 is 1.23 bits per heavy atom. The van der Waals surface area contributed by atoms with Crippen LogP contribution in [0.25, 0.3) is 10.2 Å². The van der Waals surface area contributed by atoms with Gasteiger partial charge in [0.25, 0.3) is 0 Å². The Morgan fingerprint density at radius 2 is 2.07 bits per heavy atom. The summed E-state index contributed by atoms with van der Waals surface area (Å²) in [4.78, 5) is 13.8. The number of nitrogens with zero attached hydrogens (tertiary/aromatic N) is 4. The largest absolute Gasteiger partial charge is 0.474 e. The number of aryl methyl sites for hydroxylation is 1. The van der Waals surface area contributed by atoms with Gasteiger partial charge in [0.05, 0.1) is 17.2 Å². The molecule has 5 rings (SSSR count). The van der Waals surface area contributed by atoms with E-state index >= 15 is 0 Å². The van der Waals surface area contributed by atoms with Crippen molar-refractivity contribution in [2.24, 2.45) is 0 Å². The molecule has 3 aromatic heterocycles. The molecule has 0 radical (unpaired) electrons. The molecule has 0 bridgehead atoms. The van der Waals surface area contributed by atoms with Gasteiger partial charge in [0.2, 0.25) is 5.88 Å². The molecular weight excluding hydrogens is 398 g/mol. The number of H-pyrrole nitrogens is 1. The predicted octanol–water partition coefficient (Wildman–Crippen LogP) is 3.82. The fourth-order valence-electron chi connectivity index (χ4n) is 5.05. The second kappa shape index (κ2) is 8.24. The van der Waals surface area contributed by atoms with Crippen molar-refractivity contribution >= 4 is 21.6 Å². The van der Waals surface area contributed by atoms with Gasteiger partial charge in [-0.25, -0.2) is 9.97 Å². The Bertz CT molecular complexity index is 995. The van der Waals surface area contributed by atoms with Crippen LogP contribution in [-0.2, 0) is 6.42 Å². The summed E-state index contributed by atoms with van der Waals surface area (Å²) < 4.78 is 6.46. The van der Waals surface area contributed by atoms with Crippen LogP contribution in [0.5, 0.6) is 5.88 Å². The van der Waals surface area contributed by atoms with Crippen LogP contribution in [0.3, 0.4) is 0 Å². The molecule has 160 valence electrons. The SMILES string of the molecule is CN(C)[C@H]1CC[C@H](Oc2ncnc3sc4c(c23)[C@@H](C[C@@H](O)c2cc[nH]n2)CC4)CC1. The summed E-state index contributed by atoms with van der Waals surface area (Å²) in [5.74, 6) is 1.00. The number of hydrogen-bond donors (Lipinski definition) is 2. The number of hydrogen-bond acceptors (Lipinski definition) is 7. The number of nitrogens with one attached hydrogen (secondary N) is 1. The molecule has 1 fully saturated rings. The van der Waals surface area contributed by atoms with Gasteiger partial charge in [-0.15, -0.1) is 11.3 Å². The van der Waals surface area contributed by atoms with Crippen LogP contribution in [0.15, 0.2) is 18.6 Å². The number of aromatic nitrogens is 4. The topological polar surface area (TPSA) is 87.2 Å².